The number of carbonyl (C=O) groups excluding carboxylic acids is 1. The van der Waals surface area contributed by atoms with Gasteiger partial charge in [0.25, 0.3) is 5.91 Å². The zero-order valence-electron chi connectivity index (χ0n) is 11.8. The Balaban J connectivity index is 2.68. The van der Waals surface area contributed by atoms with Crippen LogP contribution in [0.15, 0.2) is 18.3 Å². The van der Waals surface area contributed by atoms with Gasteiger partial charge in [-0.2, -0.15) is 0 Å². The lowest BCUT2D eigenvalue weighted by atomic mass is 9.89. The third-order valence-corrected chi connectivity index (χ3v) is 2.81. The van der Waals surface area contributed by atoms with Crippen molar-refractivity contribution in [2.75, 3.05) is 19.8 Å². The summed E-state index contributed by atoms with van der Waals surface area (Å²) in [5.74, 6) is 0.144. The van der Waals surface area contributed by atoms with Crippen LogP contribution in [0.25, 0.3) is 0 Å². The average molecular weight is 266 g/mol. The third-order valence-electron chi connectivity index (χ3n) is 2.81. The molecule has 0 radical (unpaired) electrons. The van der Waals surface area contributed by atoms with Gasteiger partial charge in [-0.05, 0) is 30.9 Å². The first-order chi connectivity index (χ1) is 9.00. The van der Waals surface area contributed by atoms with Gasteiger partial charge in [-0.1, -0.05) is 13.8 Å². The molecule has 106 valence electrons. The van der Waals surface area contributed by atoms with Crippen molar-refractivity contribution in [3.63, 3.8) is 0 Å². The highest BCUT2D eigenvalue weighted by molar-refractivity contribution is 5.96. The Morgan fingerprint density at radius 3 is 2.89 bits per heavy atom. The van der Waals surface area contributed by atoms with Gasteiger partial charge in [0.1, 0.15) is 5.56 Å². The highest BCUT2D eigenvalue weighted by atomic mass is 16.5. The Bertz CT molecular complexity index is 419. The molecule has 0 saturated carbocycles. The molecule has 0 fully saturated rings. The molecular weight excluding hydrogens is 244 g/mol. The molecule has 1 aromatic heterocycles. The van der Waals surface area contributed by atoms with E-state index >= 15 is 0 Å². The fraction of sp³-hybridized carbons (Fsp3) is 0.571. The summed E-state index contributed by atoms with van der Waals surface area (Å²) >= 11 is 0. The van der Waals surface area contributed by atoms with E-state index in [9.17, 15) is 4.79 Å². The van der Waals surface area contributed by atoms with Crippen molar-refractivity contribution >= 4 is 5.91 Å². The normalized spacial score (nSPS) is 11.2. The maximum Gasteiger partial charge on any atom is 0.256 e. The summed E-state index contributed by atoms with van der Waals surface area (Å²) in [5, 5.41) is 11.8. The number of aliphatic hydroxyl groups is 1. The quantitative estimate of drug-likeness (QED) is 0.786. The summed E-state index contributed by atoms with van der Waals surface area (Å²) in [7, 11) is 0. The number of ether oxygens (including phenoxy) is 1. The van der Waals surface area contributed by atoms with Gasteiger partial charge in [-0.25, -0.2) is 4.98 Å². The summed E-state index contributed by atoms with van der Waals surface area (Å²) in [6, 6.07) is 3.39. The molecule has 1 heterocycles. The van der Waals surface area contributed by atoms with E-state index in [1.807, 2.05) is 20.8 Å². The van der Waals surface area contributed by atoms with Crippen molar-refractivity contribution in [3.8, 4) is 5.88 Å². The van der Waals surface area contributed by atoms with E-state index in [0.717, 1.165) is 0 Å². The Kier molecular flexibility index (Phi) is 5.76. The topological polar surface area (TPSA) is 71.5 Å². The van der Waals surface area contributed by atoms with Crippen LogP contribution in [0.1, 0.15) is 37.6 Å². The molecule has 1 rings (SSSR count). The number of rotatable bonds is 7. The van der Waals surface area contributed by atoms with Crippen molar-refractivity contribution in [1.82, 2.24) is 10.3 Å². The highest BCUT2D eigenvalue weighted by Crippen LogP contribution is 2.19. The number of hydrogen-bond acceptors (Lipinski definition) is 4. The zero-order chi connectivity index (χ0) is 14.3. The smallest absolute Gasteiger partial charge is 0.256 e. The van der Waals surface area contributed by atoms with Gasteiger partial charge in [0.15, 0.2) is 0 Å². The van der Waals surface area contributed by atoms with Crippen LogP contribution < -0.4 is 10.1 Å². The van der Waals surface area contributed by atoms with Crippen molar-refractivity contribution in [3.05, 3.63) is 23.9 Å². The molecule has 19 heavy (non-hydrogen) atoms. The SMILES string of the molecule is CCOc1ncccc1C(=O)NCC(C)(C)CCO. The van der Waals surface area contributed by atoms with E-state index in [0.29, 0.717) is 31.0 Å². The van der Waals surface area contributed by atoms with Crippen molar-refractivity contribution in [2.24, 2.45) is 5.41 Å². The van der Waals surface area contributed by atoms with Gasteiger partial charge in [-0.15, -0.1) is 0 Å². The number of amides is 1. The number of pyridine rings is 1. The number of carbonyl (C=O) groups is 1. The minimum Gasteiger partial charge on any atom is -0.477 e. The number of nitrogens with zero attached hydrogens (tertiary/aromatic N) is 1. The molecule has 0 spiro atoms. The Hall–Kier alpha value is -1.62. The van der Waals surface area contributed by atoms with E-state index < -0.39 is 0 Å². The lowest BCUT2D eigenvalue weighted by Crippen LogP contribution is -2.34. The lowest BCUT2D eigenvalue weighted by molar-refractivity contribution is 0.0923. The minimum absolute atomic E-state index is 0.111. The molecule has 1 aromatic rings. The first kappa shape index (κ1) is 15.4. The monoisotopic (exact) mass is 266 g/mol. The van der Waals surface area contributed by atoms with Gasteiger partial charge in [-0.3, -0.25) is 4.79 Å². The van der Waals surface area contributed by atoms with Gasteiger partial charge >= 0.3 is 0 Å². The van der Waals surface area contributed by atoms with Gasteiger partial charge in [0.05, 0.1) is 6.61 Å². The standard InChI is InChI=1S/C14H22N2O3/c1-4-19-13-11(6-5-8-15-13)12(18)16-10-14(2,3)7-9-17/h5-6,8,17H,4,7,9-10H2,1-3H3,(H,16,18). The second kappa shape index (κ2) is 7.09. The molecule has 0 bridgehead atoms. The van der Waals surface area contributed by atoms with Crippen molar-refractivity contribution in [1.29, 1.82) is 0 Å². The maximum absolute atomic E-state index is 12.1. The molecule has 2 N–H and O–H groups in total. The Morgan fingerprint density at radius 1 is 1.53 bits per heavy atom. The summed E-state index contributed by atoms with van der Waals surface area (Å²) in [6.45, 7) is 6.91. The third kappa shape index (κ3) is 4.87. The van der Waals surface area contributed by atoms with Crippen molar-refractivity contribution in [2.45, 2.75) is 27.2 Å². The molecule has 0 aromatic carbocycles. The first-order valence-electron chi connectivity index (χ1n) is 6.47. The van der Waals surface area contributed by atoms with Crippen LogP contribution in [0.3, 0.4) is 0 Å². The van der Waals surface area contributed by atoms with Crippen LogP contribution in [-0.2, 0) is 0 Å². The summed E-state index contributed by atoms with van der Waals surface area (Å²) < 4.78 is 5.33. The van der Waals surface area contributed by atoms with Crippen LogP contribution in [0.4, 0.5) is 0 Å². The fourth-order valence-corrected chi connectivity index (χ4v) is 1.62. The molecular formula is C14H22N2O3. The Labute approximate surface area is 114 Å². The number of nitrogens with one attached hydrogen (secondary N) is 1. The van der Waals surface area contributed by atoms with E-state index in [-0.39, 0.29) is 17.9 Å². The summed E-state index contributed by atoms with van der Waals surface area (Å²) in [5.41, 5.74) is 0.294. The molecule has 5 heteroatoms. The zero-order valence-corrected chi connectivity index (χ0v) is 11.8. The van der Waals surface area contributed by atoms with Crippen LogP contribution in [0.5, 0.6) is 5.88 Å². The van der Waals surface area contributed by atoms with Crippen LogP contribution in [0, 0.1) is 5.41 Å². The predicted molar refractivity (Wildman–Crippen MR) is 73.2 cm³/mol. The summed E-state index contributed by atoms with van der Waals surface area (Å²) in [4.78, 5) is 16.1. The van der Waals surface area contributed by atoms with E-state index in [2.05, 4.69) is 10.3 Å². The molecule has 0 aliphatic heterocycles. The van der Waals surface area contributed by atoms with E-state index in [1.165, 1.54) is 0 Å². The Morgan fingerprint density at radius 2 is 2.26 bits per heavy atom. The lowest BCUT2D eigenvalue weighted by Gasteiger charge is -2.24. The highest BCUT2D eigenvalue weighted by Gasteiger charge is 2.20. The number of hydrogen-bond donors (Lipinski definition) is 2. The molecule has 0 unspecified atom stereocenters. The number of aromatic nitrogens is 1. The van der Waals surface area contributed by atoms with Gasteiger partial charge in [0.2, 0.25) is 5.88 Å². The second-order valence-electron chi connectivity index (χ2n) is 5.11. The average Bonchev–Trinajstić information content (AvgIpc) is 2.37. The van der Waals surface area contributed by atoms with Crippen LogP contribution in [-0.4, -0.2) is 35.8 Å². The minimum atomic E-state index is -0.206. The molecule has 0 aliphatic rings. The molecule has 1 amide bonds. The maximum atomic E-state index is 12.1. The molecule has 0 saturated heterocycles. The second-order valence-corrected chi connectivity index (χ2v) is 5.11. The fourth-order valence-electron chi connectivity index (χ4n) is 1.62. The van der Waals surface area contributed by atoms with E-state index in [4.69, 9.17) is 9.84 Å². The summed E-state index contributed by atoms with van der Waals surface area (Å²) in [6.07, 6.45) is 2.23. The largest absolute Gasteiger partial charge is 0.477 e. The molecule has 0 aliphatic carbocycles. The van der Waals surface area contributed by atoms with E-state index in [1.54, 1.807) is 18.3 Å². The molecule has 5 nitrogen and oxygen atoms in total. The molecule has 0 atom stereocenters. The number of aliphatic hydroxyl groups excluding tert-OH is 1. The van der Waals surface area contributed by atoms with Gasteiger partial charge in [0, 0.05) is 19.3 Å². The predicted octanol–water partition coefficient (Wildman–Crippen LogP) is 1.62. The van der Waals surface area contributed by atoms with Gasteiger partial charge < -0.3 is 15.2 Å². The van der Waals surface area contributed by atoms with Crippen molar-refractivity contribution < 1.29 is 14.6 Å². The van der Waals surface area contributed by atoms with Crippen LogP contribution in [0.2, 0.25) is 0 Å². The van der Waals surface area contributed by atoms with Crippen LogP contribution >= 0.6 is 0 Å². The first-order valence-corrected chi connectivity index (χ1v) is 6.47.